The molecule has 10 heteroatoms. The highest BCUT2D eigenvalue weighted by Crippen LogP contribution is 2.14. The molecule has 2 amide bonds. The van der Waals surface area contributed by atoms with Crippen molar-refractivity contribution >= 4 is 23.8 Å². The summed E-state index contributed by atoms with van der Waals surface area (Å²) in [7, 11) is 3.94. The minimum atomic E-state index is -0.368. The van der Waals surface area contributed by atoms with E-state index in [0.29, 0.717) is 58.5 Å². The Morgan fingerprint density at radius 1 is 0.481 bits per heavy atom. The number of unbranched alkanes of at least 4 members (excludes halogenated alkanes) is 20. The third-order valence-corrected chi connectivity index (χ3v) is 9.56. The molecule has 0 atom stereocenters. The van der Waals surface area contributed by atoms with Gasteiger partial charge in [0.25, 0.3) is 0 Å². The molecule has 0 heterocycles. The van der Waals surface area contributed by atoms with Gasteiger partial charge >= 0.3 is 11.9 Å². The second-order valence-corrected chi connectivity index (χ2v) is 15.1. The zero-order valence-corrected chi connectivity index (χ0v) is 35.4. The number of ether oxygens (including phenoxy) is 3. The van der Waals surface area contributed by atoms with Gasteiger partial charge in [-0.3, -0.25) is 19.2 Å². The Morgan fingerprint density at radius 2 is 0.889 bits per heavy atom. The van der Waals surface area contributed by atoms with Crippen LogP contribution in [-0.4, -0.2) is 100 Å². The fraction of sp³-hybridized carbons (Fsp3) is 0.864. The molecule has 0 saturated heterocycles. The number of nitrogens with one attached hydrogen (secondary N) is 1. The molecule has 0 aromatic carbocycles. The van der Waals surface area contributed by atoms with E-state index in [1.54, 1.807) is 4.90 Å². The van der Waals surface area contributed by atoms with Crippen molar-refractivity contribution in [2.45, 2.75) is 181 Å². The smallest absolute Gasteiger partial charge is 0.305 e. The van der Waals surface area contributed by atoms with Crippen LogP contribution in [0.25, 0.3) is 0 Å². The van der Waals surface area contributed by atoms with Gasteiger partial charge in [0.2, 0.25) is 11.8 Å². The van der Waals surface area contributed by atoms with Gasteiger partial charge in [-0.25, -0.2) is 0 Å². The molecule has 1 N–H and O–H groups in total. The first-order valence-electron chi connectivity index (χ1n) is 22.1. The second kappa shape index (κ2) is 40.2. The Hall–Kier alpha value is -2.46. The lowest BCUT2D eigenvalue weighted by Crippen LogP contribution is -2.33. The first kappa shape index (κ1) is 51.5. The van der Waals surface area contributed by atoms with E-state index in [1.807, 2.05) is 19.0 Å². The largest absolute Gasteiger partial charge is 0.466 e. The molecular formula is C44H83N3O7. The number of nitrogens with zero attached hydrogens (tertiary/aromatic N) is 2. The Kier molecular flexibility index (Phi) is 38.4. The van der Waals surface area contributed by atoms with Gasteiger partial charge < -0.3 is 29.3 Å². The molecule has 0 saturated carbocycles. The van der Waals surface area contributed by atoms with Crippen molar-refractivity contribution in [2.24, 2.45) is 0 Å². The maximum absolute atomic E-state index is 13.1. The summed E-state index contributed by atoms with van der Waals surface area (Å²) in [4.78, 5) is 53.5. The van der Waals surface area contributed by atoms with Crippen LogP contribution in [0.2, 0.25) is 0 Å². The van der Waals surface area contributed by atoms with E-state index in [-0.39, 0.29) is 37.0 Å². The molecule has 0 radical (unpaired) electrons. The highest BCUT2D eigenvalue weighted by molar-refractivity contribution is 5.96. The lowest BCUT2D eigenvalue weighted by atomic mass is 10.1. The normalized spacial score (nSPS) is 11.4. The number of carbonyl (C=O) groups is 4. The summed E-state index contributed by atoms with van der Waals surface area (Å²) >= 11 is 0. The number of rotatable bonds is 40. The molecule has 0 spiro atoms. The zero-order valence-electron chi connectivity index (χ0n) is 35.4. The van der Waals surface area contributed by atoms with Crippen molar-refractivity contribution in [3.05, 3.63) is 12.2 Å². The van der Waals surface area contributed by atoms with Crippen molar-refractivity contribution in [2.75, 3.05) is 66.7 Å². The van der Waals surface area contributed by atoms with Gasteiger partial charge in [-0.2, -0.15) is 0 Å². The van der Waals surface area contributed by atoms with Gasteiger partial charge in [0, 0.05) is 51.2 Å². The molecular weight excluding hydrogens is 682 g/mol. The Balaban J connectivity index is 4.44. The molecule has 0 fully saturated rings. The van der Waals surface area contributed by atoms with Gasteiger partial charge in [0.15, 0.2) is 0 Å². The van der Waals surface area contributed by atoms with Gasteiger partial charge in [-0.05, 0) is 39.8 Å². The molecule has 0 bridgehead atoms. The van der Waals surface area contributed by atoms with Crippen LogP contribution in [-0.2, 0) is 33.4 Å². The summed E-state index contributed by atoms with van der Waals surface area (Å²) in [5.74, 6) is -1.08. The molecule has 316 valence electrons. The van der Waals surface area contributed by atoms with Crippen LogP contribution in [0.15, 0.2) is 12.2 Å². The van der Waals surface area contributed by atoms with Crippen LogP contribution >= 0.6 is 0 Å². The fourth-order valence-electron chi connectivity index (χ4n) is 6.13. The van der Waals surface area contributed by atoms with Crippen molar-refractivity contribution in [1.82, 2.24) is 15.1 Å². The summed E-state index contributed by atoms with van der Waals surface area (Å²) in [6, 6.07) is 0. The second-order valence-electron chi connectivity index (χ2n) is 15.1. The van der Waals surface area contributed by atoms with Crippen LogP contribution in [0.5, 0.6) is 0 Å². The number of hydrogen-bond donors (Lipinski definition) is 1. The van der Waals surface area contributed by atoms with E-state index in [0.717, 1.165) is 45.1 Å². The predicted molar refractivity (Wildman–Crippen MR) is 221 cm³/mol. The van der Waals surface area contributed by atoms with E-state index >= 15 is 0 Å². The molecule has 0 aliphatic carbocycles. The minimum absolute atomic E-state index is 0.198. The predicted octanol–water partition coefficient (Wildman–Crippen LogP) is 9.33. The van der Waals surface area contributed by atoms with E-state index < -0.39 is 0 Å². The van der Waals surface area contributed by atoms with Gasteiger partial charge in [-0.1, -0.05) is 142 Å². The van der Waals surface area contributed by atoms with Crippen molar-refractivity contribution in [3.63, 3.8) is 0 Å². The summed E-state index contributed by atoms with van der Waals surface area (Å²) < 4.78 is 16.4. The third kappa shape index (κ3) is 37.8. The average molecular weight is 766 g/mol. The monoisotopic (exact) mass is 766 g/mol. The molecule has 0 aromatic heterocycles. The topological polar surface area (TPSA) is 114 Å². The van der Waals surface area contributed by atoms with E-state index in [2.05, 4.69) is 19.2 Å². The fourth-order valence-corrected chi connectivity index (χ4v) is 6.13. The summed E-state index contributed by atoms with van der Waals surface area (Å²) in [5.41, 5.74) is 0. The van der Waals surface area contributed by atoms with Crippen molar-refractivity contribution in [3.8, 4) is 0 Å². The maximum Gasteiger partial charge on any atom is 0.305 e. The molecule has 0 aromatic rings. The van der Waals surface area contributed by atoms with Crippen LogP contribution < -0.4 is 5.32 Å². The first-order valence-corrected chi connectivity index (χ1v) is 22.1. The molecule has 10 nitrogen and oxygen atoms in total. The van der Waals surface area contributed by atoms with Gasteiger partial charge in [0.1, 0.15) is 0 Å². The number of hydrogen-bond acceptors (Lipinski definition) is 8. The van der Waals surface area contributed by atoms with E-state index in [1.165, 1.54) is 115 Å². The van der Waals surface area contributed by atoms with Crippen molar-refractivity contribution < 1.29 is 33.4 Å². The van der Waals surface area contributed by atoms with Crippen LogP contribution in [0.1, 0.15) is 181 Å². The Labute approximate surface area is 331 Å². The van der Waals surface area contributed by atoms with E-state index in [9.17, 15) is 19.2 Å². The zero-order chi connectivity index (χ0) is 39.7. The quantitative estimate of drug-likeness (QED) is 0.0373. The minimum Gasteiger partial charge on any atom is -0.466 e. The van der Waals surface area contributed by atoms with Crippen LogP contribution in [0.4, 0.5) is 0 Å². The average Bonchev–Trinajstić information content (AvgIpc) is 3.15. The molecule has 0 rings (SSSR count). The standard InChI is InChI=1S/C44H83N3O7/c1-5-7-9-11-13-15-17-19-21-23-25-29-43(50)53-37-27-34-47(42(49)32-31-41(48)45-33-39-52-40-36-46(3)4)35-28-38-54-44(51)30-26-24-22-20-18-16-14-12-10-8-6-2/h31-32H,5-30,33-40H2,1-4H3,(H,45,48). The van der Waals surface area contributed by atoms with Gasteiger partial charge in [0.05, 0.1) is 26.4 Å². The highest BCUT2D eigenvalue weighted by Gasteiger charge is 2.13. The molecule has 0 aliphatic heterocycles. The number of amides is 2. The molecule has 54 heavy (non-hydrogen) atoms. The summed E-state index contributed by atoms with van der Waals surface area (Å²) in [5, 5.41) is 2.73. The number of esters is 2. The Morgan fingerprint density at radius 3 is 1.30 bits per heavy atom. The maximum atomic E-state index is 13.1. The molecule has 0 aliphatic rings. The molecule has 0 unspecified atom stereocenters. The lowest BCUT2D eigenvalue weighted by molar-refractivity contribution is -0.144. The first-order chi connectivity index (χ1) is 26.3. The van der Waals surface area contributed by atoms with Gasteiger partial charge in [-0.15, -0.1) is 0 Å². The van der Waals surface area contributed by atoms with Crippen LogP contribution in [0.3, 0.4) is 0 Å². The Bertz CT molecular complexity index is 882. The SMILES string of the molecule is CCCCCCCCCCCCCC(=O)OCCCN(CCCOC(=O)CCCCCCCCCCCCC)C(=O)C=CC(=O)NCCOCCN(C)C. The lowest BCUT2D eigenvalue weighted by Gasteiger charge is -2.21. The van der Waals surface area contributed by atoms with Crippen LogP contribution in [0, 0.1) is 0 Å². The summed E-state index contributed by atoms with van der Waals surface area (Å²) in [6.45, 7) is 7.80. The van der Waals surface area contributed by atoms with Crippen molar-refractivity contribution in [1.29, 1.82) is 0 Å². The third-order valence-electron chi connectivity index (χ3n) is 9.56. The number of likely N-dealkylation sites (N-methyl/N-ethyl adjacent to an activating group) is 1. The van der Waals surface area contributed by atoms with E-state index in [4.69, 9.17) is 14.2 Å². The highest BCUT2D eigenvalue weighted by atomic mass is 16.5. The summed E-state index contributed by atoms with van der Waals surface area (Å²) in [6.07, 6.45) is 31.4. The number of carbonyl (C=O) groups excluding carboxylic acids is 4.